The summed E-state index contributed by atoms with van der Waals surface area (Å²) in [5, 5.41) is 11.6. The summed E-state index contributed by atoms with van der Waals surface area (Å²) >= 11 is 1.21. The fourth-order valence-electron chi connectivity index (χ4n) is 2.92. The Morgan fingerprint density at radius 2 is 1.97 bits per heavy atom. The summed E-state index contributed by atoms with van der Waals surface area (Å²) in [5.74, 6) is 1.03. The molecule has 1 heterocycles. The standard InChI is InChI=1S/C22H23FN4O3S/c1-5-10-27-21(15-7-9-18(29-3)19(12-15)30-4)25-26-22(27)31-13-20(28)24-17-8-6-14(2)11-16(17)23/h5-9,11-12H,1,10,13H2,2-4H3,(H,24,28). The van der Waals surface area contributed by atoms with Crippen molar-refractivity contribution < 1.29 is 18.7 Å². The van der Waals surface area contributed by atoms with Crippen molar-refractivity contribution in [1.82, 2.24) is 14.8 Å². The number of carbonyl (C=O) groups excluding carboxylic acids is 1. The van der Waals surface area contributed by atoms with Gasteiger partial charge in [0.15, 0.2) is 22.5 Å². The molecule has 0 fully saturated rings. The number of amides is 1. The smallest absolute Gasteiger partial charge is 0.234 e. The SMILES string of the molecule is C=CCn1c(SCC(=O)Nc2ccc(C)cc2F)nnc1-c1ccc(OC)c(OC)c1. The molecule has 0 bridgehead atoms. The van der Waals surface area contributed by atoms with Crippen LogP contribution in [0.15, 0.2) is 54.2 Å². The lowest BCUT2D eigenvalue weighted by Crippen LogP contribution is -2.15. The van der Waals surface area contributed by atoms with Crippen molar-refractivity contribution in [3.8, 4) is 22.9 Å². The number of aromatic nitrogens is 3. The Morgan fingerprint density at radius 3 is 2.65 bits per heavy atom. The van der Waals surface area contributed by atoms with E-state index in [4.69, 9.17) is 9.47 Å². The van der Waals surface area contributed by atoms with Gasteiger partial charge in [-0.25, -0.2) is 4.39 Å². The quantitative estimate of drug-likeness (QED) is 0.393. The minimum Gasteiger partial charge on any atom is -0.493 e. The molecule has 3 rings (SSSR count). The number of nitrogens with one attached hydrogen (secondary N) is 1. The van der Waals surface area contributed by atoms with Gasteiger partial charge in [-0.3, -0.25) is 9.36 Å². The Labute approximate surface area is 184 Å². The van der Waals surface area contributed by atoms with E-state index in [9.17, 15) is 9.18 Å². The van der Waals surface area contributed by atoms with Gasteiger partial charge in [0, 0.05) is 12.1 Å². The molecule has 3 aromatic rings. The van der Waals surface area contributed by atoms with Crippen LogP contribution >= 0.6 is 11.8 Å². The van der Waals surface area contributed by atoms with Crippen LogP contribution in [0.4, 0.5) is 10.1 Å². The summed E-state index contributed by atoms with van der Waals surface area (Å²) in [7, 11) is 3.13. The molecule has 0 atom stereocenters. The number of ether oxygens (including phenoxy) is 2. The van der Waals surface area contributed by atoms with E-state index in [1.807, 2.05) is 16.7 Å². The number of anilines is 1. The van der Waals surface area contributed by atoms with Gasteiger partial charge in [0.05, 0.1) is 25.7 Å². The number of hydrogen-bond donors (Lipinski definition) is 1. The molecule has 0 aliphatic carbocycles. The third-order valence-corrected chi connectivity index (χ3v) is 5.37. The number of halogens is 1. The highest BCUT2D eigenvalue weighted by Crippen LogP contribution is 2.33. The lowest BCUT2D eigenvalue weighted by atomic mass is 10.2. The Morgan fingerprint density at radius 1 is 1.19 bits per heavy atom. The molecular formula is C22H23FN4O3S. The minimum absolute atomic E-state index is 0.0501. The summed E-state index contributed by atoms with van der Waals surface area (Å²) in [6.45, 7) is 6.03. The van der Waals surface area contributed by atoms with Gasteiger partial charge in [0.25, 0.3) is 0 Å². The average Bonchev–Trinajstić information content (AvgIpc) is 3.16. The monoisotopic (exact) mass is 442 g/mol. The lowest BCUT2D eigenvalue weighted by Gasteiger charge is -2.11. The first-order valence-electron chi connectivity index (χ1n) is 9.42. The second-order valence-corrected chi connectivity index (χ2v) is 7.54. The predicted octanol–water partition coefficient (Wildman–Crippen LogP) is 4.33. The Balaban J connectivity index is 1.77. The van der Waals surface area contributed by atoms with Gasteiger partial charge in [-0.05, 0) is 42.8 Å². The van der Waals surface area contributed by atoms with Gasteiger partial charge in [0.2, 0.25) is 5.91 Å². The van der Waals surface area contributed by atoms with Crippen LogP contribution in [0.3, 0.4) is 0 Å². The van der Waals surface area contributed by atoms with Crippen molar-refractivity contribution in [2.24, 2.45) is 0 Å². The molecular weight excluding hydrogens is 419 g/mol. The van der Waals surface area contributed by atoms with Gasteiger partial charge in [-0.2, -0.15) is 0 Å². The molecule has 0 aliphatic heterocycles. The highest BCUT2D eigenvalue weighted by Gasteiger charge is 2.17. The predicted molar refractivity (Wildman–Crippen MR) is 119 cm³/mol. The van der Waals surface area contributed by atoms with Crippen LogP contribution in [0.2, 0.25) is 0 Å². The first kappa shape index (κ1) is 22.4. The summed E-state index contributed by atoms with van der Waals surface area (Å²) in [6.07, 6.45) is 1.72. The maximum atomic E-state index is 14.0. The molecule has 1 N–H and O–H groups in total. The first-order valence-corrected chi connectivity index (χ1v) is 10.4. The van der Waals surface area contributed by atoms with Crippen LogP contribution < -0.4 is 14.8 Å². The number of rotatable bonds is 9. The number of nitrogens with zero attached hydrogens (tertiary/aromatic N) is 3. The minimum atomic E-state index is -0.469. The molecule has 7 nitrogen and oxygen atoms in total. The molecule has 0 spiro atoms. The van der Waals surface area contributed by atoms with E-state index in [0.717, 1.165) is 11.1 Å². The van der Waals surface area contributed by atoms with E-state index in [1.54, 1.807) is 45.4 Å². The van der Waals surface area contributed by atoms with Crippen molar-refractivity contribution in [1.29, 1.82) is 0 Å². The van der Waals surface area contributed by atoms with E-state index in [0.29, 0.717) is 29.0 Å². The summed E-state index contributed by atoms with van der Waals surface area (Å²) in [4.78, 5) is 12.3. The number of thioether (sulfide) groups is 1. The molecule has 1 aromatic heterocycles. The van der Waals surface area contributed by atoms with E-state index in [-0.39, 0.29) is 17.3 Å². The third kappa shape index (κ3) is 5.24. The number of benzene rings is 2. The van der Waals surface area contributed by atoms with Crippen molar-refractivity contribution in [3.63, 3.8) is 0 Å². The molecule has 0 radical (unpaired) electrons. The fraction of sp³-hybridized carbons (Fsp3) is 0.227. The van der Waals surface area contributed by atoms with Crippen LogP contribution in [-0.4, -0.2) is 40.6 Å². The van der Waals surface area contributed by atoms with Gasteiger partial charge in [0.1, 0.15) is 5.82 Å². The van der Waals surface area contributed by atoms with Gasteiger partial charge < -0.3 is 14.8 Å². The summed E-state index contributed by atoms with van der Waals surface area (Å²) in [5.41, 5.74) is 1.71. The largest absolute Gasteiger partial charge is 0.493 e. The number of carbonyl (C=O) groups is 1. The molecule has 2 aromatic carbocycles. The molecule has 0 saturated carbocycles. The van der Waals surface area contributed by atoms with Gasteiger partial charge >= 0.3 is 0 Å². The Hall–Kier alpha value is -3.33. The maximum Gasteiger partial charge on any atom is 0.234 e. The molecule has 31 heavy (non-hydrogen) atoms. The highest BCUT2D eigenvalue weighted by molar-refractivity contribution is 7.99. The summed E-state index contributed by atoms with van der Waals surface area (Å²) < 4.78 is 26.5. The van der Waals surface area contributed by atoms with Crippen molar-refractivity contribution in [2.75, 3.05) is 25.3 Å². The molecule has 0 aliphatic rings. The molecule has 9 heteroatoms. The fourth-order valence-corrected chi connectivity index (χ4v) is 3.66. The molecule has 0 unspecified atom stereocenters. The summed E-state index contributed by atoms with van der Waals surface area (Å²) in [6, 6.07) is 10.1. The number of hydrogen-bond acceptors (Lipinski definition) is 6. The van der Waals surface area contributed by atoms with Crippen molar-refractivity contribution >= 4 is 23.4 Å². The van der Waals surface area contributed by atoms with Crippen LogP contribution in [0, 0.1) is 12.7 Å². The van der Waals surface area contributed by atoms with Gasteiger partial charge in [-0.1, -0.05) is 23.9 Å². The zero-order chi connectivity index (χ0) is 22.4. The van der Waals surface area contributed by atoms with E-state index < -0.39 is 5.82 Å². The molecule has 0 saturated heterocycles. The number of allylic oxidation sites excluding steroid dienone is 1. The lowest BCUT2D eigenvalue weighted by molar-refractivity contribution is -0.113. The first-order chi connectivity index (χ1) is 15.0. The van der Waals surface area contributed by atoms with Crippen LogP contribution in [0.25, 0.3) is 11.4 Å². The molecule has 1 amide bonds. The van der Waals surface area contributed by atoms with Gasteiger partial charge in [-0.15, -0.1) is 16.8 Å². The van der Waals surface area contributed by atoms with Crippen molar-refractivity contribution in [3.05, 3.63) is 60.4 Å². The topological polar surface area (TPSA) is 78.3 Å². The Kier molecular flexibility index (Phi) is 7.30. The number of methoxy groups -OCH3 is 2. The Bertz CT molecular complexity index is 1100. The second-order valence-electron chi connectivity index (χ2n) is 6.60. The van der Waals surface area contributed by atoms with E-state index >= 15 is 0 Å². The van der Waals surface area contributed by atoms with Crippen LogP contribution in [0.1, 0.15) is 5.56 Å². The van der Waals surface area contributed by atoms with E-state index in [2.05, 4.69) is 22.1 Å². The second kappa shape index (κ2) is 10.1. The zero-order valence-corrected chi connectivity index (χ0v) is 18.3. The van der Waals surface area contributed by atoms with Crippen LogP contribution in [-0.2, 0) is 11.3 Å². The normalized spacial score (nSPS) is 10.6. The highest BCUT2D eigenvalue weighted by atomic mass is 32.2. The van der Waals surface area contributed by atoms with Crippen LogP contribution in [0.5, 0.6) is 11.5 Å². The van der Waals surface area contributed by atoms with E-state index in [1.165, 1.54) is 17.8 Å². The average molecular weight is 443 g/mol. The maximum absolute atomic E-state index is 14.0. The molecule has 162 valence electrons. The zero-order valence-electron chi connectivity index (χ0n) is 17.5. The third-order valence-electron chi connectivity index (χ3n) is 4.40. The van der Waals surface area contributed by atoms with Crippen molar-refractivity contribution in [2.45, 2.75) is 18.6 Å². The number of aryl methyl sites for hydroxylation is 1.